The fourth-order valence-corrected chi connectivity index (χ4v) is 2.83. The lowest BCUT2D eigenvalue weighted by Gasteiger charge is -2.28. The fraction of sp³-hybridized carbons (Fsp3) is 0.600. The number of amides is 1. The largest absolute Gasteiger partial charge is 0.387 e. The first kappa shape index (κ1) is 13.8. The molecule has 0 saturated heterocycles. The molecular formula is C15H23N3O. The molecule has 1 aromatic heterocycles. The Hall–Kier alpha value is -1.58. The van der Waals surface area contributed by atoms with Crippen LogP contribution in [0.5, 0.6) is 0 Å². The molecule has 1 aliphatic rings. The van der Waals surface area contributed by atoms with E-state index in [0.29, 0.717) is 11.5 Å². The van der Waals surface area contributed by atoms with Crippen LogP contribution in [-0.2, 0) is 0 Å². The van der Waals surface area contributed by atoms with Crippen LogP contribution in [0.4, 0.5) is 5.69 Å². The molecule has 4 nitrogen and oxygen atoms in total. The Morgan fingerprint density at radius 3 is 2.79 bits per heavy atom. The predicted molar refractivity (Wildman–Crippen MR) is 77.3 cm³/mol. The molecule has 1 unspecified atom stereocenters. The first-order chi connectivity index (χ1) is 9.22. The maximum absolute atomic E-state index is 12.3. The normalized spacial score (nSPS) is 17.8. The predicted octanol–water partition coefficient (Wildman–Crippen LogP) is 2.82. The summed E-state index contributed by atoms with van der Waals surface area (Å²) in [6.07, 6.45) is 9.69. The summed E-state index contributed by atoms with van der Waals surface area (Å²) in [5.41, 5.74) is 1.44. The third-order valence-electron chi connectivity index (χ3n) is 4.05. The van der Waals surface area contributed by atoms with E-state index in [-0.39, 0.29) is 11.9 Å². The maximum atomic E-state index is 12.3. The van der Waals surface area contributed by atoms with Gasteiger partial charge in [-0.05, 0) is 31.7 Å². The number of aromatic nitrogens is 1. The van der Waals surface area contributed by atoms with E-state index in [4.69, 9.17) is 0 Å². The van der Waals surface area contributed by atoms with Crippen molar-refractivity contribution in [2.75, 3.05) is 12.4 Å². The van der Waals surface area contributed by atoms with Crippen LogP contribution in [0.3, 0.4) is 0 Å². The molecule has 104 valence electrons. The lowest BCUT2D eigenvalue weighted by molar-refractivity contribution is 0.0920. The monoisotopic (exact) mass is 261 g/mol. The standard InChI is InChI=1S/C15H23N3O/c1-11(12-6-4-3-5-7-12)18-15(19)13-10-17-9-8-14(13)16-2/h8-12H,3-7H2,1-2H3,(H,16,17)(H,18,19). The average Bonchev–Trinajstić information content (AvgIpc) is 2.48. The molecule has 1 amide bonds. The smallest absolute Gasteiger partial charge is 0.255 e. The highest BCUT2D eigenvalue weighted by molar-refractivity contribution is 5.99. The molecule has 1 atom stereocenters. The van der Waals surface area contributed by atoms with Crippen molar-refractivity contribution >= 4 is 11.6 Å². The quantitative estimate of drug-likeness (QED) is 0.876. The number of nitrogens with zero attached hydrogens (tertiary/aromatic N) is 1. The van der Waals surface area contributed by atoms with Crippen LogP contribution in [-0.4, -0.2) is 24.0 Å². The van der Waals surface area contributed by atoms with Crippen LogP contribution >= 0.6 is 0 Å². The van der Waals surface area contributed by atoms with Gasteiger partial charge in [0.1, 0.15) is 0 Å². The Kier molecular flexibility index (Phi) is 4.77. The summed E-state index contributed by atoms with van der Waals surface area (Å²) in [6.45, 7) is 2.11. The minimum atomic E-state index is -0.0319. The van der Waals surface area contributed by atoms with Gasteiger partial charge in [-0.3, -0.25) is 9.78 Å². The Balaban J connectivity index is 1.99. The number of carbonyl (C=O) groups excluding carboxylic acids is 1. The van der Waals surface area contributed by atoms with Gasteiger partial charge in [0, 0.05) is 31.2 Å². The summed E-state index contributed by atoms with van der Waals surface area (Å²) >= 11 is 0. The van der Waals surface area contributed by atoms with Crippen molar-refractivity contribution in [1.29, 1.82) is 0 Å². The van der Waals surface area contributed by atoms with Gasteiger partial charge in [-0.1, -0.05) is 19.3 Å². The van der Waals surface area contributed by atoms with Crippen LogP contribution in [0.15, 0.2) is 18.5 Å². The molecule has 19 heavy (non-hydrogen) atoms. The van der Waals surface area contributed by atoms with Crippen LogP contribution in [0.1, 0.15) is 49.4 Å². The molecule has 1 aliphatic carbocycles. The Labute approximate surface area is 115 Å². The van der Waals surface area contributed by atoms with Gasteiger partial charge >= 0.3 is 0 Å². The van der Waals surface area contributed by atoms with Crippen LogP contribution in [0.2, 0.25) is 0 Å². The zero-order valence-electron chi connectivity index (χ0n) is 11.8. The number of pyridine rings is 1. The van der Waals surface area contributed by atoms with Crippen molar-refractivity contribution in [3.8, 4) is 0 Å². The maximum Gasteiger partial charge on any atom is 0.255 e. The zero-order chi connectivity index (χ0) is 13.7. The summed E-state index contributed by atoms with van der Waals surface area (Å²) in [7, 11) is 1.82. The van der Waals surface area contributed by atoms with E-state index in [0.717, 1.165) is 5.69 Å². The summed E-state index contributed by atoms with van der Waals surface area (Å²) in [5, 5.41) is 6.15. The third kappa shape index (κ3) is 3.46. The molecule has 1 saturated carbocycles. The molecule has 0 bridgehead atoms. The van der Waals surface area contributed by atoms with Gasteiger partial charge in [-0.15, -0.1) is 0 Å². The Bertz CT molecular complexity index is 427. The van der Waals surface area contributed by atoms with Gasteiger partial charge in [-0.2, -0.15) is 0 Å². The van der Waals surface area contributed by atoms with Crippen molar-refractivity contribution in [1.82, 2.24) is 10.3 Å². The number of hydrogen-bond donors (Lipinski definition) is 2. The van der Waals surface area contributed by atoms with Crippen LogP contribution in [0, 0.1) is 5.92 Å². The van der Waals surface area contributed by atoms with Gasteiger partial charge in [0.05, 0.1) is 5.56 Å². The summed E-state index contributed by atoms with van der Waals surface area (Å²) in [5.74, 6) is 0.586. The van der Waals surface area contributed by atoms with Gasteiger partial charge in [0.15, 0.2) is 0 Å². The Morgan fingerprint density at radius 2 is 2.11 bits per heavy atom. The highest BCUT2D eigenvalue weighted by Gasteiger charge is 2.22. The van der Waals surface area contributed by atoms with E-state index in [2.05, 4.69) is 22.5 Å². The molecule has 1 aromatic rings. The molecule has 0 aromatic carbocycles. The summed E-state index contributed by atoms with van der Waals surface area (Å²) in [6, 6.07) is 2.05. The number of hydrogen-bond acceptors (Lipinski definition) is 3. The van der Waals surface area contributed by atoms with Gasteiger partial charge in [-0.25, -0.2) is 0 Å². The lowest BCUT2D eigenvalue weighted by atomic mass is 9.84. The fourth-order valence-electron chi connectivity index (χ4n) is 2.83. The Morgan fingerprint density at radius 1 is 1.37 bits per heavy atom. The first-order valence-electron chi connectivity index (χ1n) is 7.15. The van der Waals surface area contributed by atoms with Crippen LogP contribution in [0.25, 0.3) is 0 Å². The minimum Gasteiger partial charge on any atom is -0.387 e. The molecule has 1 fully saturated rings. The second kappa shape index (κ2) is 6.55. The minimum absolute atomic E-state index is 0.0319. The average molecular weight is 261 g/mol. The molecule has 2 rings (SSSR count). The molecule has 0 spiro atoms. The SMILES string of the molecule is CNc1ccncc1C(=O)NC(C)C1CCCCC1. The number of rotatable bonds is 4. The summed E-state index contributed by atoms with van der Waals surface area (Å²) in [4.78, 5) is 16.3. The first-order valence-corrected chi connectivity index (χ1v) is 7.15. The van der Waals surface area contributed by atoms with E-state index in [1.165, 1.54) is 32.1 Å². The lowest BCUT2D eigenvalue weighted by Crippen LogP contribution is -2.39. The van der Waals surface area contributed by atoms with Crippen molar-refractivity contribution in [3.05, 3.63) is 24.0 Å². The second-order valence-electron chi connectivity index (χ2n) is 5.33. The second-order valence-corrected chi connectivity index (χ2v) is 5.33. The van der Waals surface area contributed by atoms with Crippen LogP contribution < -0.4 is 10.6 Å². The van der Waals surface area contributed by atoms with E-state index in [9.17, 15) is 4.79 Å². The van der Waals surface area contributed by atoms with E-state index in [1.807, 2.05) is 13.1 Å². The molecule has 1 heterocycles. The van der Waals surface area contributed by atoms with E-state index >= 15 is 0 Å². The van der Waals surface area contributed by atoms with Crippen molar-refractivity contribution < 1.29 is 4.79 Å². The summed E-state index contributed by atoms with van der Waals surface area (Å²) < 4.78 is 0. The number of anilines is 1. The molecular weight excluding hydrogens is 238 g/mol. The number of carbonyl (C=O) groups is 1. The van der Waals surface area contributed by atoms with Gasteiger partial charge < -0.3 is 10.6 Å². The van der Waals surface area contributed by atoms with Gasteiger partial charge in [0.25, 0.3) is 5.91 Å². The topological polar surface area (TPSA) is 54.0 Å². The third-order valence-corrected chi connectivity index (χ3v) is 4.05. The zero-order valence-corrected chi connectivity index (χ0v) is 11.8. The molecule has 0 aliphatic heterocycles. The molecule has 0 radical (unpaired) electrons. The number of nitrogens with one attached hydrogen (secondary N) is 2. The van der Waals surface area contributed by atoms with Gasteiger partial charge in [0.2, 0.25) is 0 Å². The molecule has 2 N–H and O–H groups in total. The van der Waals surface area contributed by atoms with E-state index < -0.39 is 0 Å². The van der Waals surface area contributed by atoms with E-state index in [1.54, 1.807) is 12.4 Å². The highest BCUT2D eigenvalue weighted by Crippen LogP contribution is 2.26. The van der Waals surface area contributed by atoms with Crippen molar-refractivity contribution in [2.45, 2.75) is 45.1 Å². The molecule has 4 heteroatoms. The van der Waals surface area contributed by atoms with Crippen molar-refractivity contribution in [3.63, 3.8) is 0 Å². The highest BCUT2D eigenvalue weighted by atomic mass is 16.1. The van der Waals surface area contributed by atoms with Crippen molar-refractivity contribution in [2.24, 2.45) is 5.92 Å².